The van der Waals surface area contributed by atoms with E-state index in [1.807, 2.05) is 13.8 Å². The van der Waals surface area contributed by atoms with Crippen molar-refractivity contribution < 1.29 is 9.72 Å². The molecule has 0 saturated heterocycles. The summed E-state index contributed by atoms with van der Waals surface area (Å²) >= 11 is 0. The number of carbonyl (C=O) groups excluding carboxylic acids is 1. The third-order valence-electron chi connectivity index (χ3n) is 2.56. The second kappa shape index (κ2) is 6.67. The van der Waals surface area contributed by atoms with Crippen molar-refractivity contribution in [3.63, 3.8) is 0 Å². The number of amides is 1. The fourth-order valence-corrected chi connectivity index (χ4v) is 1.67. The van der Waals surface area contributed by atoms with Crippen molar-refractivity contribution in [2.75, 3.05) is 25.5 Å². The van der Waals surface area contributed by atoms with Crippen LogP contribution in [0.1, 0.15) is 30.6 Å². The second-order valence-electron chi connectivity index (χ2n) is 4.10. The van der Waals surface area contributed by atoms with Crippen molar-refractivity contribution in [1.82, 2.24) is 9.88 Å². The van der Waals surface area contributed by atoms with Gasteiger partial charge >= 0.3 is 0 Å². The van der Waals surface area contributed by atoms with Crippen LogP contribution in [0.4, 0.5) is 11.5 Å². The molecular weight excluding hydrogens is 248 g/mol. The molecule has 0 bridgehead atoms. The van der Waals surface area contributed by atoms with Gasteiger partial charge in [-0.05, 0) is 13.3 Å². The summed E-state index contributed by atoms with van der Waals surface area (Å²) in [6.07, 6.45) is 1.97. The number of hydrogen-bond acceptors (Lipinski definition) is 5. The summed E-state index contributed by atoms with van der Waals surface area (Å²) < 4.78 is 0. The molecule has 1 aromatic rings. The third kappa shape index (κ3) is 3.64. The molecule has 0 radical (unpaired) electrons. The molecular formula is C12H18N4O3. The first-order valence-corrected chi connectivity index (χ1v) is 6.15. The topological polar surface area (TPSA) is 88.4 Å². The van der Waals surface area contributed by atoms with Gasteiger partial charge in [0, 0.05) is 26.2 Å². The number of aromatic nitrogens is 1. The fraction of sp³-hybridized carbons (Fsp3) is 0.500. The minimum atomic E-state index is -0.556. The van der Waals surface area contributed by atoms with Crippen LogP contribution in [0, 0.1) is 10.1 Å². The second-order valence-corrected chi connectivity index (χ2v) is 4.10. The summed E-state index contributed by atoms with van der Waals surface area (Å²) in [6.45, 7) is 5.00. The van der Waals surface area contributed by atoms with Gasteiger partial charge in [0.2, 0.25) is 0 Å². The van der Waals surface area contributed by atoms with Gasteiger partial charge in [-0.3, -0.25) is 14.9 Å². The molecule has 7 heteroatoms. The molecule has 0 aliphatic carbocycles. The zero-order chi connectivity index (χ0) is 14.4. The highest BCUT2D eigenvalue weighted by molar-refractivity contribution is 5.99. The number of nitrogens with zero attached hydrogens (tertiary/aromatic N) is 3. The number of hydrogen-bond donors (Lipinski definition) is 1. The molecule has 1 aromatic heterocycles. The molecule has 0 aromatic carbocycles. The van der Waals surface area contributed by atoms with Crippen LogP contribution in [0.15, 0.2) is 12.3 Å². The summed E-state index contributed by atoms with van der Waals surface area (Å²) in [5, 5.41) is 13.7. The normalized spacial score (nSPS) is 10.1. The van der Waals surface area contributed by atoms with Crippen molar-refractivity contribution in [3.8, 4) is 0 Å². The van der Waals surface area contributed by atoms with Crippen LogP contribution < -0.4 is 5.32 Å². The van der Waals surface area contributed by atoms with Crippen LogP contribution in [-0.2, 0) is 0 Å². The molecule has 19 heavy (non-hydrogen) atoms. The Kier molecular flexibility index (Phi) is 5.23. The van der Waals surface area contributed by atoms with E-state index in [2.05, 4.69) is 10.3 Å². The average Bonchev–Trinajstić information content (AvgIpc) is 2.38. The molecule has 7 nitrogen and oxygen atoms in total. The Morgan fingerprint density at radius 2 is 2.21 bits per heavy atom. The van der Waals surface area contributed by atoms with E-state index in [0.717, 1.165) is 12.6 Å². The van der Waals surface area contributed by atoms with E-state index in [4.69, 9.17) is 0 Å². The minimum Gasteiger partial charge on any atom is -0.370 e. The standard InChI is InChI=1S/C12H18N4O3/c1-4-6-15(3)12(17)10-7-9(16(18)19)8-14-11(10)13-5-2/h7-8H,4-6H2,1-3H3,(H,13,14). The van der Waals surface area contributed by atoms with Crippen molar-refractivity contribution in [2.45, 2.75) is 20.3 Å². The van der Waals surface area contributed by atoms with Gasteiger partial charge in [-0.15, -0.1) is 0 Å². The molecule has 0 aliphatic rings. The smallest absolute Gasteiger partial charge is 0.288 e. The Balaban J connectivity index is 3.16. The lowest BCUT2D eigenvalue weighted by Crippen LogP contribution is -2.28. The van der Waals surface area contributed by atoms with Crippen LogP contribution in [0.25, 0.3) is 0 Å². The maximum Gasteiger partial charge on any atom is 0.288 e. The van der Waals surface area contributed by atoms with Crippen molar-refractivity contribution in [2.24, 2.45) is 0 Å². The molecule has 1 rings (SSSR count). The van der Waals surface area contributed by atoms with Crippen LogP contribution in [0.2, 0.25) is 0 Å². The first-order chi connectivity index (χ1) is 9.01. The first kappa shape index (κ1) is 14.9. The van der Waals surface area contributed by atoms with Crippen molar-refractivity contribution >= 4 is 17.4 Å². The highest BCUT2D eigenvalue weighted by atomic mass is 16.6. The number of anilines is 1. The van der Waals surface area contributed by atoms with E-state index in [9.17, 15) is 14.9 Å². The number of carbonyl (C=O) groups is 1. The monoisotopic (exact) mass is 266 g/mol. The Morgan fingerprint density at radius 3 is 2.74 bits per heavy atom. The predicted molar refractivity (Wildman–Crippen MR) is 72.3 cm³/mol. The van der Waals surface area contributed by atoms with Gasteiger partial charge in [0.25, 0.3) is 11.6 Å². The Morgan fingerprint density at radius 1 is 1.53 bits per heavy atom. The lowest BCUT2D eigenvalue weighted by molar-refractivity contribution is -0.385. The molecule has 0 aliphatic heterocycles. The molecule has 0 spiro atoms. The van der Waals surface area contributed by atoms with Crippen molar-refractivity contribution in [3.05, 3.63) is 27.9 Å². The van der Waals surface area contributed by atoms with Crippen molar-refractivity contribution in [1.29, 1.82) is 0 Å². The highest BCUT2D eigenvalue weighted by Crippen LogP contribution is 2.20. The van der Waals surface area contributed by atoms with E-state index >= 15 is 0 Å². The van der Waals surface area contributed by atoms with Gasteiger partial charge in [0.15, 0.2) is 0 Å². The van der Waals surface area contributed by atoms with E-state index in [1.165, 1.54) is 11.0 Å². The summed E-state index contributed by atoms with van der Waals surface area (Å²) in [5.41, 5.74) is 0.0434. The van der Waals surface area contributed by atoms with E-state index in [0.29, 0.717) is 18.9 Å². The molecule has 1 amide bonds. The predicted octanol–water partition coefficient (Wildman–Crippen LogP) is 1.90. The summed E-state index contributed by atoms with van der Waals surface area (Å²) in [5.74, 6) is 0.107. The number of nitrogens with one attached hydrogen (secondary N) is 1. The number of rotatable bonds is 6. The van der Waals surface area contributed by atoms with Crippen LogP contribution >= 0.6 is 0 Å². The quantitative estimate of drug-likeness (QED) is 0.627. The summed E-state index contributed by atoms with van der Waals surface area (Å²) in [4.78, 5) is 27.9. The molecule has 1 heterocycles. The lowest BCUT2D eigenvalue weighted by Gasteiger charge is -2.17. The zero-order valence-electron chi connectivity index (χ0n) is 11.3. The summed E-state index contributed by atoms with van der Waals surface area (Å²) in [7, 11) is 1.67. The number of nitro groups is 1. The van der Waals surface area contributed by atoms with E-state index in [-0.39, 0.29) is 17.2 Å². The van der Waals surface area contributed by atoms with Gasteiger partial charge in [-0.25, -0.2) is 4.98 Å². The third-order valence-corrected chi connectivity index (χ3v) is 2.56. The van der Waals surface area contributed by atoms with Gasteiger partial charge in [0.1, 0.15) is 12.0 Å². The van der Waals surface area contributed by atoms with Gasteiger partial charge in [-0.1, -0.05) is 6.92 Å². The molecule has 0 fully saturated rings. The highest BCUT2D eigenvalue weighted by Gasteiger charge is 2.20. The number of pyridine rings is 1. The average molecular weight is 266 g/mol. The van der Waals surface area contributed by atoms with Gasteiger partial charge in [0.05, 0.1) is 10.5 Å². The first-order valence-electron chi connectivity index (χ1n) is 6.15. The molecule has 0 unspecified atom stereocenters. The van der Waals surface area contributed by atoms with Crippen LogP contribution in [0.5, 0.6) is 0 Å². The van der Waals surface area contributed by atoms with Crippen LogP contribution in [0.3, 0.4) is 0 Å². The molecule has 104 valence electrons. The SMILES string of the molecule is CCCN(C)C(=O)c1cc([N+](=O)[O-])cnc1NCC. The van der Waals surface area contributed by atoms with E-state index in [1.54, 1.807) is 7.05 Å². The Hall–Kier alpha value is -2.18. The largest absolute Gasteiger partial charge is 0.370 e. The lowest BCUT2D eigenvalue weighted by atomic mass is 10.2. The molecule has 1 N–H and O–H groups in total. The Bertz CT molecular complexity index is 476. The fourth-order valence-electron chi connectivity index (χ4n) is 1.67. The van der Waals surface area contributed by atoms with Gasteiger partial charge < -0.3 is 10.2 Å². The van der Waals surface area contributed by atoms with E-state index < -0.39 is 4.92 Å². The van der Waals surface area contributed by atoms with Gasteiger partial charge in [-0.2, -0.15) is 0 Å². The molecule has 0 atom stereocenters. The van der Waals surface area contributed by atoms with Crippen LogP contribution in [-0.4, -0.2) is 40.9 Å². The zero-order valence-corrected chi connectivity index (χ0v) is 11.3. The maximum atomic E-state index is 12.2. The molecule has 0 saturated carbocycles. The minimum absolute atomic E-state index is 0.185. The summed E-state index contributed by atoms with van der Waals surface area (Å²) in [6, 6.07) is 1.26. The Labute approximate surface area is 111 Å². The maximum absolute atomic E-state index is 12.2.